The third-order valence-electron chi connectivity index (χ3n) is 5.18. The summed E-state index contributed by atoms with van der Waals surface area (Å²) in [5.41, 5.74) is 4.46. The largest absolute Gasteiger partial charge is 0.454 e. The molecule has 2 heterocycles. The summed E-state index contributed by atoms with van der Waals surface area (Å²) in [5, 5.41) is 4.40. The van der Waals surface area contributed by atoms with Gasteiger partial charge >= 0.3 is 0 Å². The van der Waals surface area contributed by atoms with Gasteiger partial charge in [-0.15, -0.1) is 0 Å². The molecule has 0 saturated heterocycles. The second-order valence-corrected chi connectivity index (χ2v) is 7.45. The number of Topliss-reactive ketones (excluding diaryl/α,β-unsaturated/α-hetero) is 1. The number of hydrogen-bond acceptors (Lipinski definition) is 4. The maximum absolute atomic E-state index is 12.8. The van der Waals surface area contributed by atoms with E-state index in [9.17, 15) is 4.79 Å². The standard InChI is InChI=1S/C20H15Cl2NO3/c21-12-4-1-3-10(20(12)22)18-11-7-16-17(26-9-25-16)8-14(11)23-13-5-2-6-15(24)19(13)18/h1,3-4,7-8,18,23H,2,5-6,9H2/t18-/m0/s1. The Kier molecular flexibility index (Phi) is 3.66. The number of carbonyl (C=O) groups excluding carboxylic acids is 1. The fourth-order valence-corrected chi connectivity index (χ4v) is 4.43. The summed E-state index contributed by atoms with van der Waals surface area (Å²) < 4.78 is 11.1. The van der Waals surface area contributed by atoms with Crippen molar-refractivity contribution in [2.24, 2.45) is 0 Å². The molecule has 2 aliphatic heterocycles. The molecule has 0 bridgehead atoms. The average molecular weight is 388 g/mol. The predicted octanol–water partition coefficient (Wildman–Crippen LogP) is 5.29. The molecule has 0 spiro atoms. The van der Waals surface area contributed by atoms with Gasteiger partial charge in [0.2, 0.25) is 6.79 Å². The Labute approximate surface area is 160 Å². The van der Waals surface area contributed by atoms with Crippen LogP contribution >= 0.6 is 23.2 Å². The van der Waals surface area contributed by atoms with Crippen molar-refractivity contribution in [2.45, 2.75) is 25.2 Å². The fourth-order valence-electron chi connectivity index (χ4n) is 4.02. The molecule has 132 valence electrons. The van der Waals surface area contributed by atoms with Crippen LogP contribution in [0, 0.1) is 0 Å². The number of fused-ring (bicyclic) bond motifs is 2. The SMILES string of the molecule is O=C1CCCC2=C1[C@@H](c1cccc(Cl)c1Cl)c1cc3c(cc1N2)OCO3. The molecule has 0 aromatic heterocycles. The Morgan fingerprint density at radius 3 is 2.69 bits per heavy atom. The van der Waals surface area contributed by atoms with E-state index in [0.717, 1.165) is 40.9 Å². The average Bonchev–Trinajstić information content (AvgIpc) is 3.08. The van der Waals surface area contributed by atoms with Gasteiger partial charge < -0.3 is 14.8 Å². The molecule has 1 N–H and O–H groups in total. The van der Waals surface area contributed by atoms with Crippen LogP contribution < -0.4 is 14.8 Å². The van der Waals surface area contributed by atoms with Crippen LogP contribution in [0.2, 0.25) is 10.0 Å². The summed E-state index contributed by atoms with van der Waals surface area (Å²) in [7, 11) is 0. The van der Waals surface area contributed by atoms with E-state index in [2.05, 4.69) is 5.32 Å². The van der Waals surface area contributed by atoms with Crippen LogP contribution in [0.15, 0.2) is 41.6 Å². The first-order valence-electron chi connectivity index (χ1n) is 8.54. The second kappa shape index (κ2) is 5.93. The van der Waals surface area contributed by atoms with Gasteiger partial charge in [0.1, 0.15) is 0 Å². The quantitative estimate of drug-likeness (QED) is 0.722. The van der Waals surface area contributed by atoms with Crippen molar-refractivity contribution in [2.75, 3.05) is 12.1 Å². The summed E-state index contributed by atoms with van der Waals surface area (Å²) in [6.45, 7) is 0.201. The lowest BCUT2D eigenvalue weighted by atomic mass is 9.75. The van der Waals surface area contributed by atoms with Crippen molar-refractivity contribution in [3.8, 4) is 11.5 Å². The van der Waals surface area contributed by atoms with E-state index >= 15 is 0 Å². The topological polar surface area (TPSA) is 47.6 Å². The predicted molar refractivity (Wildman–Crippen MR) is 100 cm³/mol. The summed E-state index contributed by atoms with van der Waals surface area (Å²) in [5.74, 6) is 1.28. The monoisotopic (exact) mass is 387 g/mol. The van der Waals surface area contributed by atoms with Gasteiger partial charge in [0.05, 0.1) is 10.0 Å². The van der Waals surface area contributed by atoms with Crippen LogP contribution in [0.5, 0.6) is 11.5 Å². The van der Waals surface area contributed by atoms with Crippen LogP contribution in [0.25, 0.3) is 0 Å². The minimum absolute atomic E-state index is 0.156. The van der Waals surface area contributed by atoms with Crippen LogP contribution in [-0.4, -0.2) is 12.6 Å². The highest BCUT2D eigenvalue weighted by Gasteiger charge is 2.37. The molecule has 2 aromatic rings. The lowest BCUT2D eigenvalue weighted by Gasteiger charge is -2.34. The molecule has 1 aliphatic carbocycles. The summed E-state index contributed by atoms with van der Waals surface area (Å²) >= 11 is 12.8. The minimum atomic E-state index is -0.269. The van der Waals surface area contributed by atoms with Crippen molar-refractivity contribution in [3.05, 3.63) is 62.8 Å². The first-order valence-corrected chi connectivity index (χ1v) is 9.30. The van der Waals surface area contributed by atoms with E-state index < -0.39 is 0 Å². The smallest absolute Gasteiger partial charge is 0.231 e. The molecule has 0 amide bonds. The first kappa shape index (κ1) is 16.0. The molecule has 5 rings (SSSR count). The van der Waals surface area contributed by atoms with Gasteiger partial charge in [-0.2, -0.15) is 0 Å². The Balaban J connectivity index is 1.78. The third kappa shape index (κ3) is 2.32. The molecule has 26 heavy (non-hydrogen) atoms. The number of ether oxygens (including phenoxy) is 2. The highest BCUT2D eigenvalue weighted by Crippen LogP contribution is 2.51. The molecule has 6 heteroatoms. The van der Waals surface area contributed by atoms with Crippen LogP contribution in [-0.2, 0) is 4.79 Å². The Morgan fingerprint density at radius 2 is 1.85 bits per heavy atom. The van der Waals surface area contributed by atoms with Gasteiger partial charge in [-0.05, 0) is 36.1 Å². The van der Waals surface area contributed by atoms with Crippen molar-refractivity contribution in [1.29, 1.82) is 0 Å². The van der Waals surface area contributed by atoms with Crippen LogP contribution in [0.4, 0.5) is 5.69 Å². The van der Waals surface area contributed by atoms with Crippen LogP contribution in [0.1, 0.15) is 36.3 Å². The van der Waals surface area contributed by atoms with Crippen molar-refractivity contribution < 1.29 is 14.3 Å². The van der Waals surface area contributed by atoms with E-state index in [0.29, 0.717) is 28.0 Å². The zero-order valence-electron chi connectivity index (χ0n) is 13.8. The fraction of sp³-hybridized carbons (Fsp3) is 0.250. The highest BCUT2D eigenvalue weighted by atomic mass is 35.5. The number of hydrogen-bond donors (Lipinski definition) is 1. The number of benzene rings is 2. The normalized spacial score (nSPS) is 20.5. The van der Waals surface area contributed by atoms with Gasteiger partial charge in [-0.3, -0.25) is 4.79 Å². The molecule has 0 fully saturated rings. The minimum Gasteiger partial charge on any atom is -0.454 e. The van der Waals surface area contributed by atoms with Crippen LogP contribution in [0.3, 0.4) is 0 Å². The zero-order valence-corrected chi connectivity index (χ0v) is 15.3. The lowest BCUT2D eigenvalue weighted by Crippen LogP contribution is -2.27. The van der Waals surface area contributed by atoms with Gasteiger partial charge in [0, 0.05) is 35.4 Å². The second-order valence-electron chi connectivity index (χ2n) is 6.66. The molecular formula is C20H15Cl2NO3. The van der Waals surface area contributed by atoms with E-state index in [4.69, 9.17) is 32.7 Å². The molecule has 0 saturated carbocycles. The highest BCUT2D eigenvalue weighted by molar-refractivity contribution is 6.42. The van der Waals surface area contributed by atoms with E-state index in [1.807, 2.05) is 24.3 Å². The molecule has 3 aliphatic rings. The number of halogens is 2. The van der Waals surface area contributed by atoms with E-state index in [-0.39, 0.29) is 18.5 Å². The van der Waals surface area contributed by atoms with E-state index in [1.165, 1.54) is 0 Å². The third-order valence-corrected chi connectivity index (χ3v) is 6.01. The number of rotatable bonds is 1. The van der Waals surface area contributed by atoms with Gasteiger partial charge in [-0.1, -0.05) is 35.3 Å². The van der Waals surface area contributed by atoms with Crippen molar-refractivity contribution >= 4 is 34.7 Å². The Bertz CT molecular complexity index is 983. The number of carbonyl (C=O) groups is 1. The number of allylic oxidation sites excluding steroid dienone is 2. The lowest BCUT2D eigenvalue weighted by molar-refractivity contribution is -0.116. The van der Waals surface area contributed by atoms with Gasteiger partial charge in [0.25, 0.3) is 0 Å². The van der Waals surface area contributed by atoms with Gasteiger partial charge in [0.15, 0.2) is 17.3 Å². The Morgan fingerprint density at radius 1 is 1.04 bits per heavy atom. The number of nitrogens with one attached hydrogen (secondary N) is 1. The van der Waals surface area contributed by atoms with Crippen molar-refractivity contribution in [1.82, 2.24) is 0 Å². The summed E-state index contributed by atoms with van der Waals surface area (Å²) in [6.07, 6.45) is 2.24. The maximum atomic E-state index is 12.8. The molecule has 2 aromatic carbocycles. The maximum Gasteiger partial charge on any atom is 0.231 e. The first-order chi connectivity index (χ1) is 12.6. The number of ketones is 1. The molecule has 0 unspecified atom stereocenters. The zero-order chi connectivity index (χ0) is 17.8. The molecular weight excluding hydrogens is 373 g/mol. The van der Waals surface area contributed by atoms with Crippen molar-refractivity contribution in [3.63, 3.8) is 0 Å². The Hall–Kier alpha value is -2.17. The molecule has 1 atom stereocenters. The van der Waals surface area contributed by atoms with E-state index in [1.54, 1.807) is 6.07 Å². The molecule has 4 nitrogen and oxygen atoms in total. The summed E-state index contributed by atoms with van der Waals surface area (Å²) in [4.78, 5) is 12.8. The van der Waals surface area contributed by atoms with Gasteiger partial charge in [-0.25, -0.2) is 0 Å². The molecule has 0 radical (unpaired) electrons. The summed E-state index contributed by atoms with van der Waals surface area (Å²) in [6, 6.07) is 9.44. The number of anilines is 1.